The van der Waals surface area contributed by atoms with Crippen molar-refractivity contribution in [1.82, 2.24) is 15.1 Å². The molecule has 1 aromatic heterocycles. The minimum Gasteiger partial charge on any atom is -0.368 e. The van der Waals surface area contributed by atoms with Gasteiger partial charge < -0.3 is 15.0 Å². The summed E-state index contributed by atoms with van der Waals surface area (Å²) in [7, 11) is 1.68. The Morgan fingerprint density at radius 2 is 2.16 bits per heavy atom. The summed E-state index contributed by atoms with van der Waals surface area (Å²) in [6, 6.07) is 1.80. The molecule has 2 amide bonds. The number of amides is 2. The number of hydrogen-bond acceptors (Lipinski definition) is 5. The molecule has 25 heavy (non-hydrogen) atoms. The van der Waals surface area contributed by atoms with Crippen molar-refractivity contribution < 1.29 is 14.3 Å². The second-order valence-corrected chi connectivity index (χ2v) is 8.34. The maximum Gasteiger partial charge on any atom is 0.239 e. The van der Waals surface area contributed by atoms with Gasteiger partial charge in [-0.15, -0.1) is 0 Å². The molecule has 1 aliphatic carbocycles. The molecule has 0 bridgehead atoms. The van der Waals surface area contributed by atoms with E-state index in [-0.39, 0.29) is 23.5 Å². The Balaban J connectivity index is 1.35. The van der Waals surface area contributed by atoms with E-state index in [9.17, 15) is 9.59 Å². The first-order chi connectivity index (χ1) is 12.1. The molecule has 1 aromatic rings. The minimum absolute atomic E-state index is 0.0280. The molecule has 1 N–H and O–H groups in total. The van der Waals surface area contributed by atoms with Gasteiger partial charge in [-0.25, -0.2) is 0 Å². The van der Waals surface area contributed by atoms with E-state index >= 15 is 0 Å². The van der Waals surface area contributed by atoms with Gasteiger partial charge in [-0.3, -0.25) is 14.5 Å². The van der Waals surface area contributed by atoms with Crippen molar-refractivity contribution in [3.63, 3.8) is 0 Å². The molecule has 2 saturated heterocycles. The van der Waals surface area contributed by atoms with Crippen LogP contribution in [-0.2, 0) is 20.7 Å². The van der Waals surface area contributed by atoms with Gasteiger partial charge in [-0.05, 0) is 41.1 Å². The number of carbonyl (C=O) groups is 2. The van der Waals surface area contributed by atoms with Gasteiger partial charge in [0.05, 0.1) is 26.1 Å². The summed E-state index contributed by atoms with van der Waals surface area (Å²) in [5, 5.41) is 6.77. The van der Waals surface area contributed by atoms with E-state index in [1.165, 1.54) is 12.8 Å². The van der Waals surface area contributed by atoms with Gasteiger partial charge in [0, 0.05) is 20.1 Å². The number of thiophene rings is 1. The van der Waals surface area contributed by atoms with Gasteiger partial charge in [-0.2, -0.15) is 11.3 Å². The second kappa shape index (κ2) is 6.70. The summed E-state index contributed by atoms with van der Waals surface area (Å²) in [6.07, 6.45) is 2.98. The van der Waals surface area contributed by atoms with E-state index in [1.807, 2.05) is 21.7 Å². The van der Waals surface area contributed by atoms with Gasteiger partial charge >= 0.3 is 0 Å². The number of hydrogen-bond donors (Lipinski definition) is 1. The van der Waals surface area contributed by atoms with Crippen LogP contribution in [0.4, 0.5) is 0 Å². The Kier molecular flexibility index (Phi) is 4.56. The summed E-state index contributed by atoms with van der Waals surface area (Å²) in [6.45, 7) is 3.39. The molecule has 0 unspecified atom stereocenters. The van der Waals surface area contributed by atoms with Crippen molar-refractivity contribution in [2.24, 2.45) is 5.92 Å². The summed E-state index contributed by atoms with van der Waals surface area (Å²) < 4.78 is 6.09. The quantitative estimate of drug-likeness (QED) is 0.838. The lowest BCUT2D eigenvalue weighted by atomic mass is 9.89. The van der Waals surface area contributed by atoms with Crippen molar-refractivity contribution in [3.05, 3.63) is 22.4 Å². The van der Waals surface area contributed by atoms with E-state index in [2.05, 4.69) is 10.2 Å². The Labute approximate surface area is 152 Å². The number of morpholine rings is 1. The maximum atomic E-state index is 12.4. The first-order valence-electron chi connectivity index (χ1n) is 8.97. The molecule has 1 atom stereocenters. The lowest BCUT2D eigenvalue weighted by Gasteiger charge is -2.55. The Bertz CT molecular complexity index is 638. The van der Waals surface area contributed by atoms with E-state index in [0.29, 0.717) is 26.1 Å². The maximum absolute atomic E-state index is 12.4. The van der Waals surface area contributed by atoms with E-state index in [4.69, 9.17) is 4.74 Å². The fraction of sp³-hybridized carbons (Fsp3) is 0.667. The molecule has 3 heterocycles. The molecule has 136 valence electrons. The average molecular weight is 363 g/mol. The van der Waals surface area contributed by atoms with Crippen molar-refractivity contribution in [2.75, 3.05) is 39.8 Å². The fourth-order valence-electron chi connectivity index (χ4n) is 3.82. The van der Waals surface area contributed by atoms with Crippen LogP contribution in [0.25, 0.3) is 0 Å². The zero-order chi connectivity index (χ0) is 17.4. The number of carbonyl (C=O) groups excluding carboxylic acids is 2. The van der Waals surface area contributed by atoms with Crippen molar-refractivity contribution in [3.8, 4) is 0 Å². The molecule has 4 rings (SSSR count). The Morgan fingerprint density at radius 3 is 2.80 bits per heavy atom. The second-order valence-electron chi connectivity index (χ2n) is 7.56. The standard InChI is InChI=1S/C18H25N3O3S/c1-19-17(23)15-8-24-18(10-20(15)7-13-2-3-13)11-21(12-18)16(22)6-14-4-5-25-9-14/h4-5,9,13,15H,2-3,6-8,10-12H2,1H3,(H,19,23)/t15-/m1/s1. The third kappa shape index (κ3) is 3.59. The summed E-state index contributed by atoms with van der Waals surface area (Å²) >= 11 is 1.62. The van der Waals surface area contributed by atoms with Gasteiger partial charge in [-0.1, -0.05) is 0 Å². The van der Waals surface area contributed by atoms with Crippen molar-refractivity contribution in [1.29, 1.82) is 0 Å². The van der Waals surface area contributed by atoms with Crippen molar-refractivity contribution in [2.45, 2.75) is 30.9 Å². The van der Waals surface area contributed by atoms with E-state index < -0.39 is 0 Å². The van der Waals surface area contributed by atoms with Crippen LogP contribution in [0.3, 0.4) is 0 Å². The lowest BCUT2D eigenvalue weighted by molar-refractivity contribution is -0.204. The predicted molar refractivity (Wildman–Crippen MR) is 95.4 cm³/mol. The average Bonchev–Trinajstić information content (AvgIpc) is 3.24. The van der Waals surface area contributed by atoms with Crippen LogP contribution in [-0.4, -0.2) is 73.1 Å². The highest BCUT2D eigenvalue weighted by Crippen LogP contribution is 2.35. The number of nitrogens with one attached hydrogen (secondary N) is 1. The molecule has 0 aromatic carbocycles. The van der Waals surface area contributed by atoms with E-state index in [1.54, 1.807) is 18.4 Å². The minimum atomic E-state index is -0.288. The van der Waals surface area contributed by atoms with Gasteiger partial charge in [0.25, 0.3) is 0 Å². The van der Waals surface area contributed by atoms with Crippen LogP contribution < -0.4 is 5.32 Å². The topological polar surface area (TPSA) is 61.9 Å². The van der Waals surface area contributed by atoms with Crippen molar-refractivity contribution >= 4 is 23.2 Å². The Morgan fingerprint density at radius 1 is 1.36 bits per heavy atom. The van der Waals surface area contributed by atoms with Crippen LogP contribution in [0.5, 0.6) is 0 Å². The fourth-order valence-corrected chi connectivity index (χ4v) is 4.48. The summed E-state index contributed by atoms with van der Waals surface area (Å²) in [5.41, 5.74) is 0.791. The molecule has 0 radical (unpaired) electrons. The van der Waals surface area contributed by atoms with Gasteiger partial charge in [0.2, 0.25) is 11.8 Å². The molecule has 1 saturated carbocycles. The highest BCUT2D eigenvalue weighted by molar-refractivity contribution is 7.08. The number of nitrogens with zero attached hydrogens (tertiary/aromatic N) is 2. The van der Waals surface area contributed by atoms with Crippen LogP contribution >= 0.6 is 11.3 Å². The third-order valence-electron chi connectivity index (χ3n) is 5.46. The normalized spacial score (nSPS) is 25.6. The SMILES string of the molecule is CNC(=O)[C@H]1COC2(CN(C(=O)Cc3ccsc3)C2)CN1CC1CC1. The number of ether oxygens (including phenoxy) is 1. The van der Waals surface area contributed by atoms with Crippen LogP contribution in [0.2, 0.25) is 0 Å². The number of rotatable bonds is 5. The highest BCUT2D eigenvalue weighted by atomic mass is 32.1. The smallest absolute Gasteiger partial charge is 0.239 e. The van der Waals surface area contributed by atoms with Gasteiger partial charge in [0.15, 0.2) is 0 Å². The molecular weight excluding hydrogens is 338 g/mol. The zero-order valence-electron chi connectivity index (χ0n) is 14.6. The highest BCUT2D eigenvalue weighted by Gasteiger charge is 2.52. The monoisotopic (exact) mass is 363 g/mol. The molecule has 3 aliphatic rings. The van der Waals surface area contributed by atoms with Crippen LogP contribution in [0, 0.1) is 5.92 Å². The van der Waals surface area contributed by atoms with Gasteiger partial charge in [0.1, 0.15) is 11.6 Å². The first-order valence-corrected chi connectivity index (χ1v) is 9.91. The molecular formula is C18H25N3O3S. The lowest BCUT2D eigenvalue weighted by Crippen LogP contribution is -2.73. The molecule has 6 nitrogen and oxygen atoms in total. The van der Waals surface area contributed by atoms with E-state index in [0.717, 1.165) is 24.6 Å². The number of likely N-dealkylation sites (N-methyl/N-ethyl adjacent to an activating group) is 1. The first kappa shape index (κ1) is 17.0. The predicted octanol–water partition coefficient (Wildman–Crippen LogP) is 0.728. The molecule has 3 fully saturated rings. The largest absolute Gasteiger partial charge is 0.368 e. The zero-order valence-corrected chi connectivity index (χ0v) is 15.4. The Hall–Kier alpha value is -1.44. The molecule has 7 heteroatoms. The number of likely N-dealkylation sites (tertiary alicyclic amines) is 1. The summed E-state index contributed by atoms with van der Waals surface area (Å²) in [5.74, 6) is 0.911. The van der Waals surface area contributed by atoms with Crippen LogP contribution in [0.15, 0.2) is 16.8 Å². The summed E-state index contributed by atoms with van der Waals surface area (Å²) in [4.78, 5) is 28.7. The molecule has 2 aliphatic heterocycles. The third-order valence-corrected chi connectivity index (χ3v) is 6.20. The molecule has 1 spiro atoms. The van der Waals surface area contributed by atoms with Crippen LogP contribution in [0.1, 0.15) is 18.4 Å².